The lowest BCUT2D eigenvalue weighted by Gasteiger charge is -2.31. The Bertz CT molecular complexity index is 291. The third-order valence-corrected chi connectivity index (χ3v) is 4.07. The largest absolute Gasteiger partial charge is 0.468 e. The Morgan fingerprint density at radius 1 is 1.59 bits per heavy atom. The summed E-state index contributed by atoms with van der Waals surface area (Å²) in [5.41, 5.74) is -0.466. The third kappa shape index (κ3) is 2.63. The van der Waals surface area contributed by atoms with E-state index in [0.717, 1.165) is 32.0 Å². The molecule has 98 valence electrons. The zero-order valence-electron chi connectivity index (χ0n) is 11.2. The maximum Gasteiger partial charge on any atom is 0.327 e. The van der Waals surface area contributed by atoms with E-state index >= 15 is 0 Å². The van der Waals surface area contributed by atoms with Gasteiger partial charge in [0.1, 0.15) is 5.54 Å². The molecule has 0 aromatic heterocycles. The van der Waals surface area contributed by atoms with Crippen LogP contribution in [-0.4, -0.2) is 48.7 Å². The van der Waals surface area contributed by atoms with Gasteiger partial charge in [-0.15, -0.1) is 0 Å². The molecule has 0 radical (unpaired) electrons. The highest BCUT2D eigenvalue weighted by Crippen LogP contribution is 2.34. The Balaban J connectivity index is 2.05. The molecule has 4 nitrogen and oxygen atoms in total. The number of nitrogens with one attached hydrogen (secondary N) is 1. The molecule has 0 amide bonds. The first-order valence-electron chi connectivity index (χ1n) is 6.71. The highest BCUT2D eigenvalue weighted by molar-refractivity contribution is 5.81. The van der Waals surface area contributed by atoms with Crippen LogP contribution in [0.1, 0.15) is 39.5 Å². The van der Waals surface area contributed by atoms with Crippen LogP contribution in [0.25, 0.3) is 0 Å². The van der Waals surface area contributed by atoms with Crippen LogP contribution in [0.3, 0.4) is 0 Å². The SMILES string of the molecule is CCC(C)NC1(C(=O)OC)CCN(C2CC2)C1. The number of esters is 1. The van der Waals surface area contributed by atoms with Crippen molar-refractivity contribution < 1.29 is 9.53 Å². The zero-order chi connectivity index (χ0) is 12.5. The zero-order valence-corrected chi connectivity index (χ0v) is 11.2. The van der Waals surface area contributed by atoms with Crippen LogP contribution in [0.15, 0.2) is 0 Å². The van der Waals surface area contributed by atoms with Gasteiger partial charge in [0.2, 0.25) is 0 Å². The van der Waals surface area contributed by atoms with Gasteiger partial charge in [0.25, 0.3) is 0 Å². The van der Waals surface area contributed by atoms with E-state index in [1.165, 1.54) is 20.0 Å². The molecule has 17 heavy (non-hydrogen) atoms. The lowest BCUT2D eigenvalue weighted by Crippen LogP contribution is -2.57. The quantitative estimate of drug-likeness (QED) is 0.732. The Kier molecular flexibility index (Phi) is 3.73. The van der Waals surface area contributed by atoms with Crippen LogP contribution >= 0.6 is 0 Å². The molecule has 0 spiro atoms. The summed E-state index contributed by atoms with van der Waals surface area (Å²) in [5, 5.41) is 3.49. The van der Waals surface area contributed by atoms with Crippen LogP contribution in [0.5, 0.6) is 0 Å². The minimum atomic E-state index is -0.466. The summed E-state index contributed by atoms with van der Waals surface area (Å²) in [6, 6.07) is 1.08. The summed E-state index contributed by atoms with van der Waals surface area (Å²) in [4.78, 5) is 14.5. The van der Waals surface area contributed by atoms with Crippen LogP contribution in [0.4, 0.5) is 0 Å². The molecule has 2 rings (SSSR count). The maximum absolute atomic E-state index is 12.1. The molecule has 1 saturated carbocycles. The van der Waals surface area contributed by atoms with Crippen molar-refractivity contribution in [1.82, 2.24) is 10.2 Å². The second-order valence-corrected chi connectivity index (χ2v) is 5.48. The van der Waals surface area contributed by atoms with E-state index < -0.39 is 5.54 Å². The van der Waals surface area contributed by atoms with E-state index in [1.807, 2.05) is 0 Å². The van der Waals surface area contributed by atoms with Crippen molar-refractivity contribution in [3.63, 3.8) is 0 Å². The van der Waals surface area contributed by atoms with Gasteiger partial charge in [0.15, 0.2) is 0 Å². The van der Waals surface area contributed by atoms with Crippen LogP contribution in [0, 0.1) is 0 Å². The number of carbonyl (C=O) groups excluding carboxylic acids is 1. The first kappa shape index (κ1) is 12.8. The maximum atomic E-state index is 12.1. The van der Waals surface area contributed by atoms with Crippen LogP contribution in [-0.2, 0) is 9.53 Å². The highest BCUT2D eigenvalue weighted by Gasteiger charge is 2.49. The Labute approximate surface area is 104 Å². The number of nitrogens with zero attached hydrogens (tertiary/aromatic N) is 1. The second-order valence-electron chi connectivity index (χ2n) is 5.48. The molecular weight excluding hydrogens is 216 g/mol. The van der Waals surface area contributed by atoms with E-state index in [4.69, 9.17) is 4.74 Å². The fraction of sp³-hybridized carbons (Fsp3) is 0.923. The van der Waals surface area contributed by atoms with Crippen molar-refractivity contribution in [3.05, 3.63) is 0 Å². The molecule has 2 atom stereocenters. The number of rotatable bonds is 5. The van der Waals surface area contributed by atoms with Crippen molar-refractivity contribution in [3.8, 4) is 0 Å². The minimum absolute atomic E-state index is 0.0963. The minimum Gasteiger partial charge on any atom is -0.468 e. The average Bonchev–Trinajstić information content (AvgIpc) is 3.10. The van der Waals surface area contributed by atoms with Gasteiger partial charge in [0.05, 0.1) is 7.11 Å². The number of hydrogen-bond acceptors (Lipinski definition) is 4. The molecule has 2 unspecified atom stereocenters. The smallest absolute Gasteiger partial charge is 0.327 e. The molecule has 1 saturated heterocycles. The molecule has 4 heteroatoms. The van der Waals surface area contributed by atoms with Crippen molar-refractivity contribution in [2.24, 2.45) is 0 Å². The predicted octanol–water partition coefficient (Wildman–Crippen LogP) is 1.15. The second kappa shape index (κ2) is 4.94. The van der Waals surface area contributed by atoms with E-state index in [9.17, 15) is 4.79 Å². The summed E-state index contributed by atoms with van der Waals surface area (Å²) < 4.78 is 5.00. The van der Waals surface area contributed by atoms with E-state index in [2.05, 4.69) is 24.1 Å². The fourth-order valence-electron chi connectivity index (χ4n) is 2.70. The molecular formula is C13H24N2O2. The predicted molar refractivity (Wildman–Crippen MR) is 66.8 cm³/mol. The number of likely N-dealkylation sites (tertiary alicyclic amines) is 1. The lowest BCUT2D eigenvalue weighted by molar-refractivity contribution is -0.148. The first-order valence-corrected chi connectivity index (χ1v) is 6.71. The Morgan fingerprint density at radius 3 is 2.82 bits per heavy atom. The standard InChI is InChI=1S/C13H24N2O2/c1-4-10(2)14-13(12(16)17-3)7-8-15(9-13)11-5-6-11/h10-11,14H,4-9H2,1-3H3. The van der Waals surface area contributed by atoms with Crippen molar-refractivity contribution >= 4 is 5.97 Å². The molecule has 1 aliphatic heterocycles. The van der Waals surface area contributed by atoms with Gasteiger partial charge in [-0.25, -0.2) is 0 Å². The number of hydrogen-bond donors (Lipinski definition) is 1. The van der Waals surface area contributed by atoms with Crippen LogP contribution < -0.4 is 5.32 Å². The van der Waals surface area contributed by atoms with E-state index in [-0.39, 0.29) is 5.97 Å². The van der Waals surface area contributed by atoms with Gasteiger partial charge in [-0.2, -0.15) is 0 Å². The van der Waals surface area contributed by atoms with Crippen LogP contribution in [0.2, 0.25) is 0 Å². The van der Waals surface area contributed by atoms with Gasteiger partial charge in [0, 0.05) is 25.2 Å². The summed E-state index contributed by atoms with van der Waals surface area (Å²) in [6.07, 6.45) is 4.49. The first-order chi connectivity index (χ1) is 8.11. The third-order valence-electron chi connectivity index (χ3n) is 4.07. The molecule has 0 aromatic rings. The van der Waals surface area contributed by atoms with Crippen molar-refractivity contribution in [1.29, 1.82) is 0 Å². The summed E-state index contributed by atoms with van der Waals surface area (Å²) in [7, 11) is 1.49. The van der Waals surface area contributed by atoms with Gasteiger partial charge in [-0.05, 0) is 32.6 Å². The number of carbonyl (C=O) groups is 1. The van der Waals surface area contributed by atoms with E-state index in [0.29, 0.717) is 6.04 Å². The Hall–Kier alpha value is -0.610. The lowest BCUT2D eigenvalue weighted by atomic mass is 9.97. The highest BCUT2D eigenvalue weighted by atomic mass is 16.5. The molecule has 1 N–H and O–H groups in total. The average molecular weight is 240 g/mol. The molecule has 0 bridgehead atoms. The summed E-state index contributed by atoms with van der Waals surface area (Å²) >= 11 is 0. The topological polar surface area (TPSA) is 41.6 Å². The van der Waals surface area contributed by atoms with Gasteiger partial charge < -0.3 is 4.74 Å². The molecule has 1 aliphatic carbocycles. The number of methoxy groups -OCH3 is 1. The number of ether oxygens (including phenoxy) is 1. The van der Waals surface area contributed by atoms with Crippen molar-refractivity contribution in [2.45, 2.75) is 57.2 Å². The summed E-state index contributed by atoms with van der Waals surface area (Å²) in [5.74, 6) is -0.0963. The van der Waals surface area contributed by atoms with Crippen molar-refractivity contribution in [2.75, 3.05) is 20.2 Å². The molecule has 1 heterocycles. The summed E-state index contributed by atoms with van der Waals surface area (Å²) in [6.45, 7) is 6.10. The Morgan fingerprint density at radius 2 is 2.29 bits per heavy atom. The molecule has 2 aliphatic rings. The fourth-order valence-corrected chi connectivity index (χ4v) is 2.70. The molecule has 0 aromatic carbocycles. The van der Waals surface area contributed by atoms with Gasteiger partial charge in [-0.3, -0.25) is 15.0 Å². The molecule has 2 fully saturated rings. The van der Waals surface area contributed by atoms with Gasteiger partial charge >= 0.3 is 5.97 Å². The van der Waals surface area contributed by atoms with E-state index in [1.54, 1.807) is 0 Å². The monoisotopic (exact) mass is 240 g/mol. The normalized spacial score (nSPS) is 31.5. The van der Waals surface area contributed by atoms with Gasteiger partial charge in [-0.1, -0.05) is 6.92 Å².